The molecule has 0 aliphatic carbocycles. The Labute approximate surface area is 217 Å². The molecule has 2 aliphatic heterocycles. The van der Waals surface area contributed by atoms with Crippen LogP contribution in [0.4, 0.5) is 22.4 Å². The highest BCUT2D eigenvalue weighted by molar-refractivity contribution is 7.54. The molecule has 0 amide bonds. The first-order valence-electron chi connectivity index (χ1n) is 11.7. The van der Waals surface area contributed by atoms with Crippen molar-refractivity contribution in [1.29, 1.82) is 0 Å². The van der Waals surface area contributed by atoms with E-state index in [9.17, 15) is 42.8 Å². The minimum Gasteiger partial charge on any atom is -0.386 e. The largest absolute Gasteiger partial charge is 0.386 e. The zero-order valence-corrected chi connectivity index (χ0v) is 21.9. The summed E-state index contributed by atoms with van der Waals surface area (Å²) in [7, 11) is -0.466. The molecule has 0 radical (unpaired) electrons. The highest BCUT2D eigenvalue weighted by atomic mass is 31.1. The van der Waals surface area contributed by atoms with E-state index >= 15 is 0 Å². The molecule has 38 heavy (non-hydrogen) atoms. The van der Waals surface area contributed by atoms with Gasteiger partial charge in [0.05, 0.1) is 39.2 Å². The summed E-state index contributed by atoms with van der Waals surface area (Å²) in [5, 5.41) is 42.7. The Kier molecular flexibility index (Phi) is 13.4. The number of hydrogen-bond acceptors (Lipinski definition) is 12. The molecule has 18 heteroatoms. The summed E-state index contributed by atoms with van der Waals surface area (Å²) in [4.78, 5) is 0. The molecule has 0 aromatic carbocycles. The van der Waals surface area contributed by atoms with Gasteiger partial charge in [0.15, 0.2) is 12.6 Å². The Morgan fingerprint density at radius 1 is 1.18 bits per heavy atom. The summed E-state index contributed by atoms with van der Waals surface area (Å²) in [6.45, 7) is 0.496. The monoisotopic (exact) mass is 583 g/mol. The highest BCUT2D eigenvalue weighted by Gasteiger charge is 2.54. The molecule has 0 aromatic heterocycles. The zero-order chi connectivity index (χ0) is 28.6. The van der Waals surface area contributed by atoms with Crippen LogP contribution >= 0.6 is 8.15 Å². The molecule has 222 valence electrons. The number of likely N-dealkylation sites (N-methyl/N-ethyl adjacent to an activating group) is 1. The molecule has 0 spiro atoms. The van der Waals surface area contributed by atoms with Gasteiger partial charge in [0.25, 0.3) is 0 Å². The fourth-order valence-electron chi connectivity index (χ4n) is 4.38. The molecule has 2 aliphatic rings. The van der Waals surface area contributed by atoms with Gasteiger partial charge in [0.2, 0.25) is 0 Å². The minimum atomic E-state index is -2.42. The standard InChI is InChI=1S/C20H35F5N5O7P/c1-20(34)10-35-19(14(31)16(20)30(3)25)37-38-13(29(2)24)9-12(28-23)15(18(38)33)36-17(32)11(27-22)7-5-4-6-8-26-21/h11-19,26-28,31-34H,5,7-10H2,1-3H3. The third-order valence-corrected chi connectivity index (χ3v) is 8.67. The second kappa shape index (κ2) is 15.2. The summed E-state index contributed by atoms with van der Waals surface area (Å²) in [5.74, 6) is 1.84. The molecule has 2 fully saturated rings. The van der Waals surface area contributed by atoms with E-state index in [4.69, 9.17) is 14.0 Å². The van der Waals surface area contributed by atoms with Crippen LogP contribution in [0.3, 0.4) is 0 Å². The third kappa shape index (κ3) is 8.33. The van der Waals surface area contributed by atoms with Crippen molar-refractivity contribution in [3.8, 4) is 11.8 Å². The van der Waals surface area contributed by atoms with Crippen LogP contribution in [0.1, 0.15) is 26.2 Å². The van der Waals surface area contributed by atoms with Crippen molar-refractivity contribution >= 4 is 8.15 Å². The van der Waals surface area contributed by atoms with Gasteiger partial charge in [-0.05, 0) is 19.8 Å². The maximum absolute atomic E-state index is 14.4. The SMILES string of the molecule is CN(F)C1CC(NF)C(OC(O)C(CCC#CCNF)NF)C(O)P1OC1OCC(C)(O)C(N(C)F)C1O. The van der Waals surface area contributed by atoms with Crippen LogP contribution in [0.2, 0.25) is 0 Å². The van der Waals surface area contributed by atoms with Crippen LogP contribution in [0.5, 0.6) is 0 Å². The summed E-state index contributed by atoms with van der Waals surface area (Å²) in [5.41, 5.74) is 2.20. The molecular weight excluding hydrogens is 548 g/mol. The number of halogens is 5. The topological polar surface area (TPSA) is 151 Å². The van der Waals surface area contributed by atoms with Gasteiger partial charge < -0.3 is 34.4 Å². The lowest BCUT2D eigenvalue weighted by Crippen LogP contribution is -2.64. The molecule has 0 bridgehead atoms. The molecule has 11 unspecified atom stereocenters. The van der Waals surface area contributed by atoms with Crippen molar-refractivity contribution in [3.05, 3.63) is 0 Å². The minimum absolute atomic E-state index is 0.0249. The van der Waals surface area contributed by atoms with Crippen molar-refractivity contribution in [2.45, 2.75) is 86.3 Å². The lowest BCUT2D eigenvalue weighted by atomic mass is 9.90. The third-order valence-electron chi connectivity index (χ3n) is 6.29. The second-order valence-electron chi connectivity index (χ2n) is 9.24. The highest BCUT2D eigenvalue weighted by Crippen LogP contribution is 2.56. The zero-order valence-electron chi connectivity index (χ0n) is 21.0. The number of nitrogens with zero attached hydrogens (tertiary/aromatic N) is 2. The van der Waals surface area contributed by atoms with Gasteiger partial charge in [-0.3, -0.25) is 0 Å². The van der Waals surface area contributed by atoms with Gasteiger partial charge >= 0.3 is 0 Å². The summed E-state index contributed by atoms with van der Waals surface area (Å²) >= 11 is 0. The quantitative estimate of drug-likeness (QED) is 0.0525. The predicted octanol–water partition coefficient (Wildman–Crippen LogP) is -0.436. The average Bonchev–Trinajstić information content (AvgIpc) is 2.84. The Balaban J connectivity index is 2.20. The fourth-order valence-corrected chi connectivity index (χ4v) is 6.74. The Morgan fingerprint density at radius 2 is 1.87 bits per heavy atom. The maximum atomic E-state index is 14.4. The van der Waals surface area contributed by atoms with E-state index in [0.717, 1.165) is 14.1 Å². The van der Waals surface area contributed by atoms with E-state index in [-0.39, 0.29) is 36.1 Å². The number of aliphatic hydroxyl groups is 4. The normalized spacial score (nSPS) is 37.6. The van der Waals surface area contributed by atoms with Crippen LogP contribution in [-0.4, -0.2) is 118 Å². The molecule has 2 heterocycles. The van der Waals surface area contributed by atoms with Gasteiger partial charge in [-0.1, -0.05) is 5.92 Å². The van der Waals surface area contributed by atoms with Crippen molar-refractivity contribution in [2.75, 3.05) is 27.2 Å². The first-order valence-corrected chi connectivity index (χ1v) is 13.1. The van der Waals surface area contributed by atoms with E-state index in [1.54, 1.807) is 0 Å². The van der Waals surface area contributed by atoms with Gasteiger partial charge in [-0.15, -0.1) is 44.1 Å². The van der Waals surface area contributed by atoms with E-state index in [0.29, 0.717) is 0 Å². The summed E-state index contributed by atoms with van der Waals surface area (Å²) in [6, 6.07) is -4.27. The van der Waals surface area contributed by atoms with Gasteiger partial charge in [-0.25, -0.2) is 0 Å². The van der Waals surface area contributed by atoms with Gasteiger partial charge in [-0.2, -0.15) is 11.1 Å². The van der Waals surface area contributed by atoms with E-state index in [1.807, 2.05) is 0 Å². The summed E-state index contributed by atoms with van der Waals surface area (Å²) in [6.07, 6.45) is -7.41. The van der Waals surface area contributed by atoms with Crippen LogP contribution in [0.25, 0.3) is 0 Å². The second-order valence-corrected chi connectivity index (χ2v) is 11.3. The van der Waals surface area contributed by atoms with E-state index in [1.165, 1.54) is 23.5 Å². The molecule has 0 saturated carbocycles. The molecule has 12 nitrogen and oxygen atoms in total. The molecule has 2 rings (SSSR count). The smallest absolute Gasteiger partial charge is 0.189 e. The molecule has 7 N–H and O–H groups in total. The molecule has 2 saturated heterocycles. The predicted molar refractivity (Wildman–Crippen MR) is 123 cm³/mol. The van der Waals surface area contributed by atoms with Gasteiger partial charge in [0, 0.05) is 20.5 Å². The van der Waals surface area contributed by atoms with Crippen molar-refractivity contribution in [1.82, 2.24) is 26.9 Å². The lowest BCUT2D eigenvalue weighted by Gasteiger charge is -2.49. The van der Waals surface area contributed by atoms with Gasteiger partial charge in [0.1, 0.15) is 29.7 Å². The van der Waals surface area contributed by atoms with Crippen LogP contribution in [0, 0.1) is 11.8 Å². The summed E-state index contributed by atoms with van der Waals surface area (Å²) < 4.78 is 83.8. The van der Waals surface area contributed by atoms with Crippen LogP contribution < -0.4 is 16.6 Å². The maximum Gasteiger partial charge on any atom is 0.189 e. The molecule has 0 aromatic rings. The number of rotatable bonds is 12. The number of aliphatic hydroxyl groups excluding tert-OH is 3. The first-order chi connectivity index (χ1) is 17.9. The lowest BCUT2D eigenvalue weighted by molar-refractivity contribution is -0.275. The Hall–Kier alpha value is -0.840. The number of ether oxygens (including phenoxy) is 2. The average molecular weight is 583 g/mol. The van der Waals surface area contributed by atoms with Crippen molar-refractivity contribution in [3.63, 3.8) is 0 Å². The van der Waals surface area contributed by atoms with E-state index in [2.05, 4.69) is 11.8 Å². The van der Waals surface area contributed by atoms with Crippen LogP contribution in [-0.2, 0) is 14.0 Å². The van der Waals surface area contributed by atoms with Crippen LogP contribution in [0.15, 0.2) is 0 Å². The fraction of sp³-hybridized carbons (Fsp3) is 0.900. The van der Waals surface area contributed by atoms with E-state index < -0.39 is 74.9 Å². The Morgan fingerprint density at radius 3 is 2.42 bits per heavy atom. The molecule has 11 atom stereocenters. The molecular formula is C20H35F5N5O7P. The van der Waals surface area contributed by atoms with Crippen molar-refractivity contribution < 1.29 is 56.8 Å². The Bertz CT molecular complexity index is 786. The van der Waals surface area contributed by atoms with Crippen molar-refractivity contribution in [2.24, 2.45) is 0 Å². The number of nitrogens with one attached hydrogen (secondary N) is 3. The first kappa shape index (κ1) is 33.4. The number of hydrogen-bond donors (Lipinski definition) is 7.